The Morgan fingerprint density at radius 3 is 2.25 bits per heavy atom. The van der Waals surface area contributed by atoms with Crippen molar-refractivity contribution >= 4 is 28.7 Å². The fourth-order valence-corrected chi connectivity index (χ4v) is 4.16. The summed E-state index contributed by atoms with van der Waals surface area (Å²) in [5, 5.41) is 3.10. The molecule has 0 fully saturated rings. The summed E-state index contributed by atoms with van der Waals surface area (Å²) in [4.78, 5) is 41.7. The molecule has 36 heavy (non-hydrogen) atoms. The normalized spacial score (nSPS) is 10.8. The van der Waals surface area contributed by atoms with Crippen LogP contribution in [0.2, 0.25) is 0 Å². The molecule has 0 unspecified atom stereocenters. The zero-order valence-electron chi connectivity index (χ0n) is 20.7. The standard InChI is InChI=1S/C29H29N3O4/c1-4-5-19-31(2)29(35)30-27(33)25-23-13-9-10-14-24(23)32(28(34)21-11-7-6-8-12-21)26(25)20-15-17-22(36-3)18-16-20/h6-18H,4-5,19H2,1-3H3,(H,30,33,35). The number of methoxy groups -OCH3 is 1. The predicted molar refractivity (Wildman–Crippen MR) is 140 cm³/mol. The van der Waals surface area contributed by atoms with Crippen molar-refractivity contribution in [1.82, 2.24) is 14.8 Å². The van der Waals surface area contributed by atoms with Gasteiger partial charge in [0, 0.05) is 24.5 Å². The average Bonchev–Trinajstić information content (AvgIpc) is 3.27. The maximum absolute atomic E-state index is 13.8. The number of amides is 3. The summed E-state index contributed by atoms with van der Waals surface area (Å²) in [6.07, 6.45) is 1.77. The van der Waals surface area contributed by atoms with E-state index in [2.05, 4.69) is 5.32 Å². The number of hydrogen-bond donors (Lipinski definition) is 1. The molecule has 0 saturated heterocycles. The first-order chi connectivity index (χ1) is 17.5. The number of nitrogens with zero attached hydrogens (tertiary/aromatic N) is 2. The van der Waals surface area contributed by atoms with Crippen LogP contribution in [-0.2, 0) is 0 Å². The number of rotatable bonds is 7. The second-order valence-corrected chi connectivity index (χ2v) is 8.51. The van der Waals surface area contributed by atoms with Crippen LogP contribution in [0.1, 0.15) is 40.5 Å². The molecule has 0 saturated carbocycles. The van der Waals surface area contributed by atoms with Crippen molar-refractivity contribution in [3.63, 3.8) is 0 Å². The summed E-state index contributed by atoms with van der Waals surface area (Å²) in [6.45, 7) is 2.58. The zero-order chi connectivity index (χ0) is 25.7. The molecule has 4 aromatic rings. The zero-order valence-corrected chi connectivity index (χ0v) is 20.7. The molecule has 1 N–H and O–H groups in total. The summed E-state index contributed by atoms with van der Waals surface area (Å²) in [5.41, 5.74) is 2.38. The number of nitrogens with one attached hydrogen (secondary N) is 1. The van der Waals surface area contributed by atoms with Crippen molar-refractivity contribution in [2.24, 2.45) is 0 Å². The van der Waals surface area contributed by atoms with Gasteiger partial charge in [-0.25, -0.2) is 4.79 Å². The molecule has 3 amide bonds. The molecule has 0 aliphatic rings. The molecule has 7 nitrogen and oxygen atoms in total. The summed E-state index contributed by atoms with van der Waals surface area (Å²) in [5.74, 6) is -0.192. The molecule has 4 rings (SSSR count). The van der Waals surface area contributed by atoms with E-state index in [1.807, 2.05) is 25.1 Å². The summed E-state index contributed by atoms with van der Waals surface area (Å²) < 4.78 is 6.84. The van der Waals surface area contributed by atoms with Gasteiger partial charge in [-0.3, -0.25) is 19.5 Å². The highest BCUT2D eigenvalue weighted by Crippen LogP contribution is 2.35. The van der Waals surface area contributed by atoms with Crippen LogP contribution in [0.5, 0.6) is 5.75 Å². The Bertz CT molecular complexity index is 1390. The fraction of sp³-hybridized carbons (Fsp3) is 0.207. The summed E-state index contributed by atoms with van der Waals surface area (Å²) in [7, 11) is 3.23. The Morgan fingerprint density at radius 2 is 1.58 bits per heavy atom. The van der Waals surface area contributed by atoms with E-state index in [0.717, 1.165) is 12.8 Å². The fourth-order valence-electron chi connectivity index (χ4n) is 4.16. The first-order valence-corrected chi connectivity index (χ1v) is 11.9. The van der Waals surface area contributed by atoms with Gasteiger partial charge in [-0.15, -0.1) is 0 Å². The summed E-state index contributed by atoms with van der Waals surface area (Å²) in [6, 6.07) is 22.8. The second kappa shape index (κ2) is 10.9. The third-order valence-electron chi connectivity index (χ3n) is 6.10. The quantitative estimate of drug-likeness (QED) is 0.372. The van der Waals surface area contributed by atoms with Gasteiger partial charge in [0.15, 0.2) is 0 Å². The molecule has 0 atom stereocenters. The molecule has 1 heterocycles. The van der Waals surface area contributed by atoms with Gasteiger partial charge < -0.3 is 9.64 Å². The number of ether oxygens (including phenoxy) is 1. The van der Waals surface area contributed by atoms with E-state index >= 15 is 0 Å². The van der Waals surface area contributed by atoms with Crippen LogP contribution in [0.25, 0.3) is 22.2 Å². The molecule has 3 aromatic carbocycles. The Morgan fingerprint density at radius 1 is 0.917 bits per heavy atom. The minimum absolute atomic E-state index is 0.261. The Balaban J connectivity index is 1.91. The molecular weight excluding hydrogens is 454 g/mol. The van der Waals surface area contributed by atoms with Crippen LogP contribution in [0.3, 0.4) is 0 Å². The number of unbranched alkanes of at least 4 members (excludes halogenated alkanes) is 1. The van der Waals surface area contributed by atoms with Crippen LogP contribution in [-0.4, -0.2) is 48.0 Å². The number of fused-ring (bicyclic) bond motifs is 1. The number of carbonyl (C=O) groups is 3. The first-order valence-electron chi connectivity index (χ1n) is 11.9. The Hall–Kier alpha value is -4.39. The van der Waals surface area contributed by atoms with Crippen LogP contribution in [0.4, 0.5) is 4.79 Å². The van der Waals surface area contributed by atoms with Gasteiger partial charge in [0.1, 0.15) is 5.75 Å². The molecule has 1 aromatic heterocycles. The number of hydrogen-bond acceptors (Lipinski definition) is 4. The number of benzene rings is 3. The van der Waals surface area contributed by atoms with Crippen molar-refractivity contribution in [2.75, 3.05) is 20.7 Å². The lowest BCUT2D eigenvalue weighted by Crippen LogP contribution is -2.41. The first kappa shape index (κ1) is 24.7. The Labute approximate surface area is 210 Å². The van der Waals surface area contributed by atoms with Crippen molar-refractivity contribution in [2.45, 2.75) is 19.8 Å². The maximum atomic E-state index is 13.8. The van der Waals surface area contributed by atoms with Crippen LogP contribution < -0.4 is 10.1 Å². The molecule has 0 aliphatic heterocycles. The van der Waals surface area contributed by atoms with E-state index in [0.29, 0.717) is 40.0 Å². The monoisotopic (exact) mass is 483 g/mol. The van der Waals surface area contributed by atoms with Gasteiger partial charge in [0.05, 0.1) is 23.9 Å². The number of imide groups is 1. The third-order valence-corrected chi connectivity index (χ3v) is 6.10. The van der Waals surface area contributed by atoms with Crippen LogP contribution in [0, 0.1) is 0 Å². The van der Waals surface area contributed by atoms with Crippen molar-refractivity contribution in [3.8, 4) is 17.0 Å². The van der Waals surface area contributed by atoms with E-state index in [9.17, 15) is 14.4 Å². The smallest absolute Gasteiger partial charge is 0.324 e. The minimum Gasteiger partial charge on any atom is -0.497 e. The SMILES string of the molecule is CCCCN(C)C(=O)NC(=O)c1c(-c2ccc(OC)cc2)n(C(=O)c2ccccc2)c2ccccc12. The number of carbonyl (C=O) groups excluding carboxylic acids is 3. The van der Waals surface area contributed by atoms with Gasteiger partial charge in [0.25, 0.3) is 11.8 Å². The van der Waals surface area contributed by atoms with E-state index in [-0.39, 0.29) is 11.5 Å². The topological polar surface area (TPSA) is 80.6 Å². The van der Waals surface area contributed by atoms with Crippen molar-refractivity contribution < 1.29 is 19.1 Å². The van der Waals surface area contributed by atoms with Crippen molar-refractivity contribution in [3.05, 3.63) is 90.0 Å². The second-order valence-electron chi connectivity index (χ2n) is 8.51. The van der Waals surface area contributed by atoms with E-state index in [1.54, 1.807) is 79.4 Å². The van der Waals surface area contributed by atoms with E-state index in [1.165, 1.54) is 4.90 Å². The van der Waals surface area contributed by atoms with Gasteiger partial charge in [-0.1, -0.05) is 49.7 Å². The minimum atomic E-state index is -0.565. The lowest BCUT2D eigenvalue weighted by Gasteiger charge is -2.17. The number of para-hydroxylation sites is 1. The van der Waals surface area contributed by atoms with Crippen LogP contribution >= 0.6 is 0 Å². The molecule has 0 spiro atoms. The molecular formula is C29H29N3O4. The highest BCUT2D eigenvalue weighted by molar-refractivity contribution is 6.19. The lowest BCUT2D eigenvalue weighted by atomic mass is 10.0. The molecule has 0 aliphatic carbocycles. The average molecular weight is 484 g/mol. The highest BCUT2D eigenvalue weighted by atomic mass is 16.5. The van der Waals surface area contributed by atoms with Gasteiger partial charge in [-0.2, -0.15) is 0 Å². The lowest BCUT2D eigenvalue weighted by molar-refractivity contribution is 0.0956. The molecule has 0 radical (unpaired) electrons. The summed E-state index contributed by atoms with van der Waals surface area (Å²) >= 11 is 0. The maximum Gasteiger partial charge on any atom is 0.324 e. The van der Waals surface area contributed by atoms with E-state index in [4.69, 9.17) is 4.74 Å². The number of urea groups is 1. The predicted octanol–water partition coefficient (Wildman–Crippen LogP) is 5.59. The van der Waals surface area contributed by atoms with Gasteiger partial charge in [0.2, 0.25) is 0 Å². The van der Waals surface area contributed by atoms with Crippen molar-refractivity contribution in [1.29, 1.82) is 0 Å². The van der Waals surface area contributed by atoms with Gasteiger partial charge in [-0.05, 0) is 54.4 Å². The third kappa shape index (κ3) is 4.86. The molecule has 7 heteroatoms. The van der Waals surface area contributed by atoms with Crippen LogP contribution in [0.15, 0.2) is 78.9 Å². The number of aromatic nitrogens is 1. The largest absolute Gasteiger partial charge is 0.497 e. The Kier molecular flexibility index (Phi) is 7.49. The highest BCUT2D eigenvalue weighted by Gasteiger charge is 2.28. The van der Waals surface area contributed by atoms with E-state index < -0.39 is 11.9 Å². The van der Waals surface area contributed by atoms with Gasteiger partial charge >= 0.3 is 6.03 Å². The molecule has 0 bridgehead atoms. The molecule has 184 valence electrons.